The summed E-state index contributed by atoms with van der Waals surface area (Å²) in [6.07, 6.45) is 7.50. The molecular weight excluding hydrogens is 316 g/mol. The summed E-state index contributed by atoms with van der Waals surface area (Å²) in [4.78, 5) is 25.0. The van der Waals surface area contributed by atoms with Crippen LogP contribution < -0.4 is 0 Å². The summed E-state index contributed by atoms with van der Waals surface area (Å²) in [7, 11) is 0. The van der Waals surface area contributed by atoms with E-state index in [1.165, 1.54) is 0 Å². The van der Waals surface area contributed by atoms with Crippen molar-refractivity contribution in [3.8, 4) is 0 Å². The van der Waals surface area contributed by atoms with E-state index in [9.17, 15) is 9.59 Å². The molecule has 0 aliphatic carbocycles. The van der Waals surface area contributed by atoms with Gasteiger partial charge in [-0.1, -0.05) is 58.6 Å². The second-order valence-corrected chi connectivity index (χ2v) is 6.28. The molecule has 25 heavy (non-hydrogen) atoms. The highest BCUT2D eigenvalue weighted by Gasteiger charge is 2.22. The van der Waals surface area contributed by atoms with Gasteiger partial charge in [-0.15, -0.1) is 0 Å². The van der Waals surface area contributed by atoms with Gasteiger partial charge in [-0.25, -0.2) is 9.59 Å². The molecule has 0 aliphatic heterocycles. The van der Waals surface area contributed by atoms with Gasteiger partial charge in [-0.2, -0.15) is 0 Å². The minimum absolute atomic E-state index is 0.326. The minimum Gasteiger partial charge on any atom is -0.462 e. The van der Waals surface area contributed by atoms with Crippen molar-refractivity contribution in [2.24, 2.45) is 0 Å². The molecule has 0 aliphatic rings. The zero-order valence-electron chi connectivity index (χ0n) is 15.9. The predicted octanol–water partition coefficient (Wildman–Crippen LogP) is 5.33. The number of unbranched alkanes of at least 4 members (excludes halogenated alkanes) is 4. The maximum absolute atomic E-state index is 12.6. The van der Waals surface area contributed by atoms with Crippen LogP contribution in [0.15, 0.2) is 18.2 Å². The summed E-state index contributed by atoms with van der Waals surface area (Å²) < 4.78 is 10.7. The maximum atomic E-state index is 12.6. The number of hydrogen-bond donors (Lipinski definition) is 0. The van der Waals surface area contributed by atoms with E-state index in [-0.39, 0.29) is 0 Å². The van der Waals surface area contributed by atoms with Crippen LogP contribution in [0.4, 0.5) is 0 Å². The van der Waals surface area contributed by atoms with Crippen LogP contribution in [0.25, 0.3) is 0 Å². The van der Waals surface area contributed by atoms with Crippen molar-refractivity contribution in [3.05, 3.63) is 34.9 Å². The van der Waals surface area contributed by atoms with Crippen LogP contribution in [0.3, 0.4) is 0 Å². The number of carbonyl (C=O) groups excluding carboxylic acids is 2. The normalized spacial score (nSPS) is 10.5. The number of carbonyl (C=O) groups is 2. The van der Waals surface area contributed by atoms with Crippen molar-refractivity contribution in [1.82, 2.24) is 0 Å². The van der Waals surface area contributed by atoms with Crippen LogP contribution in [0.5, 0.6) is 0 Å². The lowest BCUT2D eigenvalue weighted by Gasteiger charge is -2.14. The van der Waals surface area contributed by atoms with Gasteiger partial charge in [0.15, 0.2) is 0 Å². The van der Waals surface area contributed by atoms with Gasteiger partial charge in [0, 0.05) is 0 Å². The third-order valence-corrected chi connectivity index (χ3v) is 4.09. The highest BCUT2D eigenvalue weighted by atomic mass is 16.5. The van der Waals surface area contributed by atoms with Gasteiger partial charge in [0.25, 0.3) is 0 Å². The van der Waals surface area contributed by atoms with Crippen molar-refractivity contribution in [2.45, 2.75) is 72.1 Å². The fourth-order valence-electron chi connectivity index (χ4n) is 2.55. The van der Waals surface area contributed by atoms with Crippen LogP contribution in [-0.4, -0.2) is 25.2 Å². The van der Waals surface area contributed by atoms with E-state index in [0.717, 1.165) is 56.9 Å². The first-order valence-electron chi connectivity index (χ1n) is 9.61. The van der Waals surface area contributed by atoms with E-state index in [0.29, 0.717) is 24.3 Å². The Morgan fingerprint density at radius 1 is 0.800 bits per heavy atom. The first kappa shape index (κ1) is 21.2. The zero-order chi connectivity index (χ0) is 18.5. The van der Waals surface area contributed by atoms with Gasteiger partial charge in [0.1, 0.15) is 0 Å². The van der Waals surface area contributed by atoms with E-state index in [2.05, 4.69) is 6.92 Å². The largest absolute Gasteiger partial charge is 0.462 e. The number of esters is 2. The van der Waals surface area contributed by atoms with E-state index < -0.39 is 11.9 Å². The highest BCUT2D eigenvalue weighted by molar-refractivity contribution is 6.04. The van der Waals surface area contributed by atoms with Crippen molar-refractivity contribution in [1.29, 1.82) is 0 Å². The maximum Gasteiger partial charge on any atom is 0.339 e. The van der Waals surface area contributed by atoms with Crippen LogP contribution in [0.1, 0.15) is 92.0 Å². The van der Waals surface area contributed by atoms with E-state index >= 15 is 0 Å². The second kappa shape index (κ2) is 12.5. The van der Waals surface area contributed by atoms with E-state index in [4.69, 9.17) is 9.47 Å². The van der Waals surface area contributed by atoms with Crippen LogP contribution in [0.2, 0.25) is 0 Å². The Labute approximate surface area is 151 Å². The van der Waals surface area contributed by atoms with Crippen molar-refractivity contribution < 1.29 is 19.1 Å². The quantitative estimate of drug-likeness (QED) is 0.378. The number of hydrogen-bond acceptors (Lipinski definition) is 4. The molecule has 1 aromatic carbocycles. The molecule has 0 radical (unpaired) electrons. The van der Waals surface area contributed by atoms with Crippen LogP contribution in [0, 0.1) is 0 Å². The Hall–Kier alpha value is -1.84. The van der Waals surface area contributed by atoms with Gasteiger partial charge in [-0.05, 0) is 37.3 Å². The van der Waals surface area contributed by atoms with Gasteiger partial charge in [-0.3, -0.25) is 0 Å². The van der Waals surface area contributed by atoms with Crippen molar-refractivity contribution >= 4 is 11.9 Å². The second-order valence-electron chi connectivity index (χ2n) is 6.28. The molecule has 0 saturated heterocycles. The Balaban J connectivity index is 3.01. The third-order valence-electron chi connectivity index (χ3n) is 4.09. The Morgan fingerprint density at radius 3 is 2.00 bits per heavy atom. The molecule has 140 valence electrons. The average Bonchev–Trinajstić information content (AvgIpc) is 2.62. The predicted molar refractivity (Wildman–Crippen MR) is 100 cm³/mol. The monoisotopic (exact) mass is 348 g/mol. The third kappa shape index (κ3) is 7.29. The minimum atomic E-state index is -0.437. The summed E-state index contributed by atoms with van der Waals surface area (Å²) >= 11 is 0. The summed E-state index contributed by atoms with van der Waals surface area (Å²) in [6, 6.07) is 5.39. The molecule has 0 unspecified atom stereocenters. The molecule has 1 aromatic rings. The Morgan fingerprint density at radius 2 is 1.40 bits per heavy atom. The molecule has 0 heterocycles. The summed E-state index contributed by atoms with van der Waals surface area (Å²) in [5, 5.41) is 0. The molecule has 0 atom stereocenters. The van der Waals surface area contributed by atoms with Gasteiger partial charge < -0.3 is 9.47 Å². The van der Waals surface area contributed by atoms with Crippen LogP contribution in [-0.2, 0) is 15.9 Å². The lowest BCUT2D eigenvalue weighted by atomic mass is 9.96. The molecule has 1 rings (SSSR count). The first-order chi connectivity index (χ1) is 12.2. The fourth-order valence-corrected chi connectivity index (χ4v) is 2.55. The molecule has 4 nitrogen and oxygen atoms in total. The van der Waals surface area contributed by atoms with Gasteiger partial charge in [0.05, 0.1) is 24.3 Å². The SMILES string of the molecule is CCCCCc1cccc(C(=O)OCCCC)c1C(=O)OCCCC. The topological polar surface area (TPSA) is 52.6 Å². The number of ether oxygens (including phenoxy) is 2. The number of benzene rings is 1. The molecule has 0 bridgehead atoms. The molecule has 4 heteroatoms. The van der Waals surface area contributed by atoms with Crippen molar-refractivity contribution in [3.63, 3.8) is 0 Å². The summed E-state index contributed by atoms with van der Waals surface area (Å²) in [5.74, 6) is -0.851. The number of rotatable bonds is 12. The first-order valence-corrected chi connectivity index (χ1v) is 9.61. The fraction of sp³-hybridized carbons (Fsp3) is 0.619. The Kier molecular flexibility index (Phi) is 10.6. The Bertz CT molecular complexity index is 537. The molecule has 0 fully saturated rings. The summed E-state index contributed by atoms with van der Waals surface area (Å²) in [6.45, 7) is 6.98. The van der Waals surface area contributed by atoms with Crippen LogP contribution >= 0.6 is 0 Å². The summed E-state index contributed by atoms with van der Waals surface area (Å²) in [5.41, 5.74) is 1.59. The molecule has 0 N–H and O–H groups in total. The van der Waals surface area contributed by atoms with Gasteiger partial charge in [0.2, 0.25) is 0 Å². The zero-order valence-corrected chi connectivity index (χ0v) is 15.9. The molecule has 0 spiro atoms. The molecule has 0 saturated carbocycles. The van der Waals surface area contributed by atoms with E-state index in [1.807, 2.05) is 26.0 Å². The number of aryl methyl sites for hydroxylation is 1. The smallest absolute Gasteiger partial charge is 0.339 e. The molecular formula is C21H32O4. The standard InChI is InChI=1S/C21H32O4/c1-4-7-10-12-17-13-11-14-18(20(22)24-15-8-5-2)19(17)21(23)25-16-9-6-3/h11,13-14H,4-10,12,15-16H2,1-3H3. The average molecular weight is 348 g/mol. The lowest BCUT2D eigenvalue weighted by molar-refractivity contribution is 0.0451. The lowest BCUT2D eigenvalue weighted by Crippen LogP contribution is -2.17. The van der Waals surface area contributed by atoms with Crippen molar-refractivity contribution in [2.75, 3.05) is 13.2 Å². The van der Waals surface area contributed by atoms with E-state index in [1.54, 1.807) is 6.07 Å². The molecule has 0 amide bonds. The highest BCUT2D eigenvalue weighted by Crippen LogP contribution is 2.20. The van der Waals surface area contributed by atoms with Gasteiger partial charge >= 0.3 is 11.9 Å². The molecule has 0 aromatic heterocycles.